The molecule has 1 aromatic heterocycles. The summed E-state index contributed by atoms with van der Waals surface area (Å²) >= 11 is 0. The predicted octanol–water partition coefficient (Wildman–Crippen LogP) is 1.48. The van der Waals surface area contributed by atoms with Gasteiger partial charge in [0.15, 0.2) is 0 Å². The minimum atomic E-state index is -0.426. The first-order chi connectivity index (χ1) is 13.6. The van der Waals surface area contributed by atoms with E-state index < -0.39 is 5.91 Å². The largest absolute Gasteiger partial charge is 0.365 e. The third kappa shape index (κ3) is 3.99. The van der Waals surface area contributed by atoms with Gasteiger partial charge in [-0.15, -0.1) is 0 Å². The van der Waals surface area contributed by atoms with Gasteiger partial charge in [0.05, 0.1) is 11.5 Å². The van der Waals surface area contributed by atoms with Gasteiger partial charge in [-0.25, -0.2) is 4.98 Å². The maximum Gasteiger partial charge on any atom is 0.252 e. The molecular weight excluding hydrogens is 354 g/mol. The van der Waals surface area contributed by atoms with Crippen LogP contribution in [0.1, 0.15) is 48.9 Å². The molecule has 0 aromatic carbocycles. The lowest BCUT2D eigenvalue weighted by Crippen LogP contribution is -2.51. The Morgan fingerprint density at radius 1 is 1.00 bits per heavy atom. The molecule has 3 aliphatic heterocycles. The molecule has 3 aliphatic rings. The Morgan fingerprint density at radius 2 is 1.75 bits per heavy atom. The molecule has 7 nitrogen and oxygen atoms in total. The Hall–Kier alpha value is -2.15. The van der Waals surface area contributed by atoms with Crippen LogP contribution in [-0.2, 0) is 4.79 Å². The summed E-state index contributed by atoms with van der Waals surface area (Å²) in [4.78, 5) is 35.7. The summed E-state index contributed by atoms with van der Waals surface area (Å²) in [7, 11) is 0. The molecule has 3 saturated heterocycles. The summed E-state index contributed by atoms with van der Waals surface area (Å²) in [5, 5.41) is 0. The maximum absolute atomic E-state index is 12.8. The van der Waals surface area contributed by atoms with Crippen molar-refractivity contribution in [2.45, 2.75) is 44.6 Å². The fourth-order valence-electron chi connectivity index (χ4n) is 5.02. The van der Waals surface area contributed by atoms with Crippen molar-refractivity contribution in [2.24, 2.45) is 11.7 Å². The van der Waals surface area contributed by atoms with E-state index in [1.165, 1.54) is 0 Å². The molecule has 4 heterocycles. The monoisotopic (exact) mass is 385 g/mol. The van der Waals surface area contributed by atoms with Gasteiger partial charge in [0.2, 0.25) is 5.91 Å². The van der Waals surface area contributed by atoms with E-state index in [9.17, 15) is 9.59 Å². The Bertz CT molecular complexity index is 711. The van der Waals surface area contributed by atoms with Crippen LogP contribution >= 0.6 is 0 Å². The normalized spacial score (nSPS) is 24.5. The van der Waals surface area contributed by atoms with Gasteiger partial charge in [0.25, 0.3) is 5.91 Å². The lowest BCUT2D eigenvalue weighted by Gasteiger charge is -2.43. The van der Waals surface area contributed by atoms with E-state index in [1.807, 2.05) is 0 Å². The Labute approximate surface area is 166 Å². The average molecular weight is 386 g/mol. The van der Waals surface area contributed by atoms with Crippen molar-refractivity contribution in [2.75, 3.05) is 44.2 Å². The zero-order chi connectivity index (χ0) is 19.5. The molecule has 1 aromatic rings. The van der Waals surface area contributed by atoms with E-state index >= 15 is 0 Å². The molecule has 4 rings (SSSR count). The van der Waals surface area contributed by atoms with Gasteiger partial charge in [0, 0.05) is 45.0 Å². The first kappa shape index (κ1) is 19.2. The van der Waals surface area contributed by atoms with E-state index in [0.717, 1.165) is 77.8 Å². The third-order valence-corrected chi connectivity index (χ3v) is 6.55. The van der Waals surface area contributed by atoms with Crippen LogP contribution in [0.4, 0.5) is 5.82 Å². The molecule has 2 N–H and O–H groups in total. The number of rotatable bonds is 4. The van der Waals surface area contributed by atoms with Crippen LogP contribution in [0.3, 0.4) is 0 Å². The lowest BCUT2D eigenvalue weighted by atomic mass is 9.93. The summed E-state index contributed by atoms with van der Waals surface area (Å²) in [6.45, 7) is 5.60. The number of nitrogens with zero attached hydrogens (tertiary/aromatic N) is 4. The molecule has 7 heteroatoms. The minimum absolute atomic E-state index is 0.169. The minimum Gasteiger partial charge on any atom is -0.365 e. The fraction of sp³-hybridized carbons (Fsp3) is 0.667. The number of amides is 2. The predicted molar refractivity (Wildman–Crippen MR) is 108 cm³/mol. The first-order valence-electron chi connectivity index (χ1n) is 10.7. The smallest absolute Gasteiger partial charge is 0.252 e. The van der Waals surface area contributed by atoms with Gasteiger partial charge in [-0.2, -0.15) is 0 Å². The molecule has 0 aliphatic carbocycles. The van der Waals surface area contributed by atoms with Crippen molar-refractivity contribution in [1.29, 1.82) is 0 Å². The lowest BCUT2D eigenvalue weighted by molar-refractivity contribution is -0.136. The van der Waals surface area contributed by atoms with Crippen molar-refractivity contribution in [3.05, 3.63) is 23.9 Å². The topological polar surface area (TPSA) is 82.8 Å². The number of hydrogen-bond donors (Lipinski definition) is 1. The summed E-state index contributed by atoms with van der Waals surface area (Å²) in [5.74, 6) is 0.819. The molecule has 0 unspecified atom stereocenters. The van der Waals surface area contributed by atoms with Gasteiger partial charge in [0.1, 0.15) is 5.82 Å². The number of likely N-dealkylation sites (tertiary alicyclic amines) is 2. The van der Waals surface area contributed by atoms with Crippen LogP contribution in [0.2, 0.25) is 0 Å². The molecular formula is C21H31N5O2. The summed E-state index contributed by atoms with van der Waals surface area (Å²) < 4.78 is 0. The number of carbonyl (C=O) groups excluding carboxylic acids is 2. The number of hydrogen-bond acceptors (Lipinski definition) is 5. The maximum atomic E-state index is 12.8. The fourth-order valence-corrected chi connectivity index (χ4v) is 5.02. The summed E-state index contributed by atoms with van der Waals surface area (Å²) in [6.07, 6.45) is 8.21. The molecule has 0 radical (unpaired) electrons. The highest BCUT2D eigenvalue weighted by molar-refractivity contribution is 5.97. The zero-order valence-corrected chi connectivity index (χ0v) is 16.6. The van der Waals surface area contributed by atoms with Crippen LogP contribution < -0.4 is 10.6 Å². The number of primary amides is 1. The number of carbonyl (C=O) groups is 2. The van der Waals surface area contributed by atoms with Crippen LogP contribution in [0.15, 0.2) is 18.3 Å². The second-order valence-corrected chi connectivity index (χ2v) is 8.32. The molecule has 28 heavy (non-hydrogen) atoms. The van der Waals surface area contributed by atoms with Gasteiger partial charge >= 0.3 is 0 Å². The molecule has 2 amide bonds. The van der Waals surface area contributed by atoms with Crippen LogP contribution in [0.5, 0.6) is 0 Å². The van der Waals surface area contributed by atoms with Crippen LogP contribution in [0, 0.1) is 5.92 Å². The van der Waals surface area contributed by atoms with Gasteiger partial charge < -0.3 is 15.5 Å². The Balaban J connectivity index is 1.35. The Morgan fingerprint density at radius 3 is 2.46 bits per heavy atom. The molecule has 0 bridgehead atoms. The van der Waals surface area contributed by atoms with Crippen molar-refractivity contribution < 1.29 is 9.59 Å². The number of pyridine rings is 1. The van der Waals surface area contributed by atoms with Crippen LogP contribution in [-0.4, -0.2) is 71.9 Å². The van der Waals surface area contributed by atoms with E-state index in [1.54, 1.807) is 18.3 Å². The van der Waals surface area contributed by atoms with Gasteiger partial charge in [-0.1, -0.05) is 0 Å². The summed E-state index contributed by atoms with van der Waals surface area (Å²) in [5.41, 5.74) is 6.01. The van der Waals surface area contributed by atoms with E-state index in [2.05, 4.69) is 19.7 Å². The third-order valence-electron chi connectivity index (χ3n) is 6.55. The van der Waals surface area contributed by atoms with Gasteiger partial charge in [-0.05, 0) is 57.2 Å². The highest BCUT2D eigenvalue weighted by Gasteiger charge is 2.34. The highest BCUT2D eigenvalue weighted by atomic mass is 16.2. The molecule has 0 saturated carbocycles. The van der Waals surface area contributed by atoms with Crippen molar-refractivity contribution in [3.8, 4) is 0 Å². The number of nitrogens with two attached hydrogens (primary N) is 1. The van der Waals surface area contributed by atoms with Crippen LogP contribution in [0.25, 0.3) is 0 Å². The number of anilines is 1. The van der Waals surface area contributed by atoms with Crippen molar-refractivity contribution >= 4 is 17.6 Å². The SMILES string of the molecule is NC(=O)c1cccnc1N1CCC(N2CCC[C@@H](C(=O)N3CCCC3)C2)CC1. The quantitative estimate of drug-likeness (QED) is 0.849. The zero-order valence-electron chi connectivity index (χ0n) is 16.6. The van der Waals surface area contributed by atoms with Crippen molar-refractivity contribution in [3.63, 3.8) is 0 Å². The second-order valence-electron chi connectivity index (χ2n) is 8.32. The first-order valence-corrected chi connectivity index (χ1v) is 10.7. The number of aromatic nitrogens is 1. The Kier molecular flexibility index (Phi) is 5.80. The van der Waals surface area contributed by atoms with Gasteiger partial charge in [-0.3, -0.25) is 14.5 Å². The summed E-state index contributed by atoms with van der Waals surface area (Å²) in [6, 6.07) is 4.00. The van der Waals surface area contributed by atoms with E-state index in [4.69, 9.17) is 5.73 Å². The highest BCUT2D eigenvalue weighted by Crippen LogP contribution is 2.28. The number of piperidine rings is 2. The molecule has 1 atom stereocenters. The average Bonchev–Trinajstić information content (AvgIpc) is 3.28. The van der Waals surface area contributed by atoms with Crippen molar-refractivity contribution in [1.82, 2.24) is 14.8 Å². The molecule has 152 valence electrons. The molecule has 3 fully saturated rings. The standard InChI is InChI=1S/C21H31N5O2/c22-19(27)18-6-3-9-23-20(18)24-13-7-17(8-14-24)26-12-4-5-16(15-26)21(28)25-10-1-2-11-25/h3,6,9,16-17H,1-2,4-5,7-8,10-15H2,(H2,22,27)/t16-/m1/s1. The van der Waals surface area contributed by atoms with E-state index in [-0.39, 0.29) is 5.92 Å². The van der Waals surface area contributed by atoms with E-state index in [0.29, 0.717) is 23.3 Å². The molecule has 0 spiro atoms. The second kappa shape index (κ2) is 8.47.